The van der Waals surface area contributed by atoms with Crippen LogP contribution in [0.25, 0.3) is 0 Å². The molecule has 1 aliphatic carbocycles. The summed E-state index contributed by atoms with van der Waals surface area (Å²) in [6.45, 7) is 2.64. The Morgan fingerprint density at radius 3 is 2.29 bits per heavy atom. The second kappa shape index (κ2) is 10.7. The van der Waals surface area contributed by atoms with E-state index in [9.17, 15) is 5.11 Å². The quantitative estimate of drug-likeness (QED) is 0.543. The summed E-state index contributed by atoms with van der Waals surface area (Å²) in [6, 6.07) is 15.0. The largest absolute Gasteiger partial charge is 0.508 e. The standard InChI is InChI=1S/C29H39NO4/c1-32-29(33-2)22-14-16-30(17-15-22)24-10-8-20(9-11-24)27-26-13-12-25(31)18-23(26)19-34-28(27)21-6-4-3-5-7-21/h8-13,18,21-22,27-29,31H,3-7,14-17,19H2,1-2H3/t27-,28+/m0/s1. The molecule has 0 bridgehead atoms. The van der Waals surface area contributed by atoms with Crippen LogP contribution in [0.2, 0.25) is 0 Å². The van der Waals surface area contributed by atoms with Gasteiger partial charge in [-0.05, 0) is 72.6 Å². The van der Waals surface area contributed by atoms with E-state index in [2.05, 4.69) is 35.2 Å². The molecule has 0 unspecified atom stereocenters. The van der Waals surface area contributed by atoms with Crippen molar-refractivity contribution in [3.8, 4) is 5.75 Å². The van der Waals surface area contributed by atoms with Gasteiger partial charge in [-0.1, -0.05) is 37.5 Å². The minimum atomic E-state index is -0.105. The highest BCUT2D eigenvalue weighted by atomic mass is 16.7. The molecule has 2 fully saturated rings. The average molecular weight is 466 g/mol. The molecule has 2 aliphatic heterocycles. The van der Waals surface area contributed by atoms with Crippen molar-refractivity contribution in [3.05, 3.63) is 59.2 Å². The molecule has 2 atom stereocenters. The smallest absolute Gasteiger partial charge is 0.159 e. The van der Waals surface area contributed by atoms with E-state index in [0.29, 0.717) is 24.2 Å². The number of nitrogens with zero attached hydrogens (tertiary/aromatic N) is 1. The molecule has 0 amide bonds. The normalized spacial score (nSPS) is 24.4. The number of fused-ring (bicyclic) bond motifs is 1. The Kier molecular flexibility index (Phi) is 7.43. The van der Waals surface area contributed by atoms with Crippen molar-refractivity contribution in [1.29, 1.82) is 0 Å². The Balaban J connectivity index is 1.36. The van der Waals surface area contributed by atoms with Crippen LogP contribution in [-0.2, 0) is 20.8 Å². The first-order chi connectivity index (χ1) is 16.7. The van der Waals surface area contributed by atoms with Crippen LogP contribution in [-0.4, -0.2) is 44.8 Å². The molecule has 3 aliphatic rings. The highest BCUT2D eigenvalue weighted by molar-refractivity contribution is 5.51. The van der Waals surface area contributed by atoms with E-state index in [1.54, 1.807) is 14.2 Å². The SMILES string of the molecule is COC(OC)C1CCN(c2ccc([C@H]3c4ccc(O)cc4CO[C@@H]3C3CCCCC3)cc2)CC1. The Hall–Kier alpha value is -2.08. The van der Waals surface area contributed by atoms with Gasteiger partial charge in [0.25, 0.3) is 0 Å². The number of phenolic OH excluding ortho intramolecular Hbond substituents is 1. The van der Waals surface area contributed by atoms with Crippen LogP contribution in [0.3, 0.4) is 0 Å². The lowest BCUT2D eigenvalue weighted by atomic mass is 9.73. The molecule has 34 heavy (non-hydrogen) atoms. The second-order valence-corrected chi connectivity index (χ2v) is 10.3. The predicted octanol–water partition coefficient (Wildman–Crippen LogP) is 5.84. The number of aromatic hydroxyl groups is 1. The third-order valence-electron chi connectivity index (χ3n) is 8.34. The van der Waals surface area contributed by atoms with Crippen LogP contribution in [0.15, 0.2) is 42.5 Å². The molecule has 1 saturated heterocycles. The number of anilines is 1. The fourth-order valence-electron chi connectivity index (χ4n) is 6.52. The summed E-state index contributed by atoms with van der Waals surface area (Å²) in [5.41, 5.74) is 5.04. The number of piperidine rings is 1. The molecule has 0 radical (unpaired) electrons. The third-order valence-corrected chi connectivity index (χ3v) is 8.34. The van der Waals surface area contributed by atoms with Crippen molar-refractivity contribution in [3.63, 3.8) is 0 Å². The Labute approximate surface area is 204 Å². The maximum Gasteiger partial charge on any atom is 0.159 e. The van der Waals surface area contributed by atoms with Crippen molar-refractivity contribution < 1.29 is 19.3 Å². The van der Waals surface area contributed by atoms with Gasteiger partial charge in [0, 0.05) is 44.8 Å². The first-order valence-corrected chi connectivity index (χ1v) is 13.0. The summed E-state index contributed by atoms with van der Waals surface area (Å²) in [6.07, 6.45) is 8.72. The maximum absolute atomic E-state index is 10.0. The van der Waals surface area contributed by atoms with Crippen LogP contribution in [0.5, 0.6) is 5.75 Å². The number of methoxy groups -OCH3 is 2. The second-order valence-electron chi connectivity index (χ2n) is 10.3. The average Bonchev–Trinajstić information content (AvgIpc) is 2.90. The third kappa shape index (κ3) is 4.84. The zero-order chi connectivity index (χ0) is 23.5. The number of hydrogen-bond donors (Lipinski definition) is 1. The van der Waals surface area contributed by atoms with Crippen molar-refractivity contribution in [2.24, 2.45) is 11.8 Å². The van der Waals surface area contributed by atoms with E-state index in [0.717, 1.165) is 31.5 Å². The minimum Gasteiger partial charge on any atom is -0.508 e. The lowest BCUT2D eigenvalue weighted by Crippen LogP contribution is -2.39. The molecular weight excluding hydrogens is 426 g/mol. The van der Waals surface area contributed by atoms with Gasteiger partial charge < -0.3 is 24.2 Å². The number of hydrogen-bond acceptors (Lipinski definition) is 5. The van der Waals surface area contributed by atoms with E-state index in [-0.39, 0.29) is 18.3 Å². The molecule has 1 N–H and O–H groups in total. The molecule has 0 spiro atoms. The summed E-state index contributed by atoms with van der Waals surface area (Å²) in [7, 11) is 3.46. The number of ether oxygens (including phenoxy) is 3. The summed E-state index contributed by atoms with van der Waals surface area (Å²) in [5, 5.41) is 10.0. The fourth-order valence-corrected chi connectivity index (χ4v) is 6.52. The molecule has 1 saturated carbocycles. The van der Waals surface area contributed by atoms with Gasteiger partial charge >= 0.3 is 0 Å². The van der Waals surface area contributed by atoms with Gasteiger partial charge in [-0.2, -0.15) is 0 Å². The fraction of sp³-hybridized carbons (Fsp3) is 0.586. The zero-order valence-corrected chi connectivity index (χ0v) is 20.6. The van der Waals surface area contributed by atoms with E-state index >= 15 is 0 Å². The van der Waals surface area contributed by atoms with Gasteiger partial charge in [0.1, 0.15) is 5.75 Å². The summed E-state index contributed by atoms with van der Waals surface area (Å²) in [4.78, 5) is 2.48. The highest BCUT2D eigenvalue weighted by Crippen LogP contribution is 2.44. The van der Waals surface area contributed by atoms with Crippen LogP contribution in [0.1, 0.15) is 67.6 Å². The van der Waals surface area contributed by atoms with Crippen LogP contribution in [0.4, 0.5) is 5.69 Å². The lowest BCUT2D eigenvalue weighted by Gasteiger charge is -2.40. The van der Waals surface area contributed by atoms with Crippen LogP contribution in [0, 0.1) is 11.8 Å². The highest BCUT2D eigenvalue weighted by Gasteiger charge is 2.37. The lowest BCUT2D eigenvalue weighted by molar-refractivity contribution is -0.141. The summed E-state index contributed by atoms with van der Waals surface area (Å²) < 4.78 is 17.5. The Bertz CT molecular complexity index is 928. The molecule has 2 heterocycles. The van der Waals surface area contributed by atoms with E-state index < -0.39 is 0 Å². The van der Waals surface area contributed by atoms with Crippen LogP contribution >= 0.6 is 0 Å². The molecule has 0 aromatic heterocycles. The first kappa shape index (κ1) is 23.7. The summed E-state index contributed by atoms with van der Waals surface area (Å²) in [5.74, 6) is 1.60. The van der Waals surface area contributed by atoms with E-state index in [4.69, 9.17) is 14.2 Å². The first-order valence-electron chi connectivity index (χ1n) is 13.0. The number of phenols is 1. The van der Waals surface area contributed by atoms with Crippen LogP contribution < -0.4 is 4.90 Å². The van der Waals surface area contributed by atoms with Gasteiger partial charge in [-0.15, -0.1) is 0 Å². The molecular formula is C29H39NO4. The Morgan fingerprint density at radius 2 is 1.62 bits per heavy atom. The molecule has 2 aromatic rings. The van der Waals surface area contributed by atoms with Gasteiger partial charge in [-0.25, -0.2) is 0 Å². The van der Waals surface area contributed by atoms with Crippen molar-refractivity contribution in [1.82, 2.24) is 0 Å². The van der Waals surface area contributed by atoms with E-state index in [1.807, 2.05) is 12.1 Å². The van der Waals surface area contributed by atoms with E-state index in [1.165, 1.54) is 48.9 Å². The van der Waals surface area contributed by atoms with Crippen molar-refractivity contribution in [2.75, 3.05) is 32.2 Å². The summed E-state index contributed by atoms with van der Waals surface area (Å²) >= 11 is 0. The monoisotopic (exact) mass is 465 g/mol. The number of rotatable bonds is 6. The molecule has 5 nitrogen and oxygen atoms in total. The van der Waals surface area contributed by atoms with Crippen molar-refractivity contribution >= 4 is 5.69 Å². The van der Waals surface area contributed by atoms with Gasteiger partial charge in [0.05, 0.1) is 12.7 Å². The zero-order valence-electron chi connectivity index (χ0n) is 20.6. The predicted molar refractivity (Wildman–Crippen MR) is 134 cm³/mol. The van der Waals surface area contributed by atoms with Gasteiger partial charge in [-0.3, -0.25) is 0 Å². The van der Waals surface area contributed by atoms with Gasteiger partial charge in [0.2, 0.25) is 0 Å². The molecule has 5 heteroatoms. The minimum absolute atomic E-state index is 0.105. The van der Waals surface area contributed by atoms with Gasteiger partial charge in [0.15, 0.2) is 6.29 Å². The maximum atomic E-state index is 10.0. The molecule has 2 aromatic carbocycles. The molecule has 5 rings (SSSR count). The number of benzene rings is 2. The van der Waals surface area contributed by atoms with Crippen molar-refractivity contribution in [2.45, 2.75) is 69.9 Å². The topological polar surface area (TPSA) is 51.2 Å². The molecule has 184 valence electrons. The Morgan fingerprint density at radius 1 is 0.912 bits per heavy atom.